The molecule has 0 aliphatic heterocycles. The Morgan fingerprint density at radius 3 is 2.74 bits per heavy atom. The van der Waals surface area contributed by atoms with Gasteiger partial charge < -0.3 is 5.32 Å². The minimum Gasteiger partial charge on any atom is -0.361 e. The van der Waals surface area contributed by atoms with Gasteiger partial charge in [0.1, 0.15) is 5.82 Å². The third kappa shape index (κ3) is 2.58. The number of fused-ring (bicyclic) bond motifs is 1. The highest BCUT2D eigenvalue weighted by Gasteiger charge is 2.11. The molecule has 96 valence electrons. The fourth-order valence-corrected chi connectivity index (χ4v) is 2.93. The van der Waals surface area contributed by atoms with Gasteiger partial charge in [0.25, 0.3) is 0 Å². The smallest absolute Gasteiger partial charge is 0.145 e. The first-order chi connectivity index (χ1) is 9.36. The second-order valence-electron chi connectivity index (χ2n) is 4.36. The van der Waals surface area contributed by atoms with Crippen LogP contribution in [-0.2, 0) is 0 Å². The minimum atomic E-state index is 0.301. The Kier molecular flexibility index (Phi) is 3.42. The molecule has 0 fully saturated rings. The number of aromatic nitrogens is 2. The van der Waals surface area contributed by atoms with Crippen molar-refractivity contribution >= 4 is 28.2 Å². The predicted octanol–water partition coefficient (Wildman–Crippen LogP) is 4.25. The fraction of sp³-hybridized carbons (Fsp3) is 0.200. The largest absolute Gasteiger partial charge is 0.361 e. The molecule has 4 heteroatoms. The molecule has 0 spiro atoms. The van der Waals surface area contributed by atoms with E-state index in [0.29, 0.717) is 6.04 Å². The molecule has 2 heterocycles. The highest BCUT2D eigenvalue weighted by molar-refractivity contribution is 7.10. The normalized spacial score (nSPS) is 12.5. The van der Waals surface area contributed by atoms with Crippen molar-refractivity contribution in [2.75, 3.05) is 5.32 Å². The lowest BCUT2D eigenvalue weighted by Gasteiger charge is -2.16. The van der Waals surface area contributed by atoms with E-state index in [0.717, 1.165) is 23.3 Å². The van der Waals surface area contributed by atoms with Crippen molar-refractivity contribution < 1.29 is 0 Å². The van der Waals surface area contributed by atoms with E-state index >= 15 is 0 Å². The Bertz CT molecular complexity index is 664. The zero-order chi connectivity index (χ0) is 13.1. The Hall–Kier alpha value is -1.94. The maximum absolute atomic E-state index is 4.60. The molecule has 3 aromatic rings. The molecule has 0 amide bonds. The predicted molar refractivity (Wildman–Crippen MR) is 80.5 cm³/mol. The summed E-state index contributed by atoms with van der Waals surface area (Å²) in [7, 11) is 0. The Morgan fingerprint density at radius 2 is 2.00 bits per heavy atom. The van der Waals surface area contributed by atoms with Gasteiger partial charge in [-0.15, -0.1) is 11.3 Å². The molecule has 1 N–H and O–H groups in total. The van der Waals surface area contributed by atoms with Crippen molar-refractivity contribution in [3.63, 3.8) is 0 Å². The summed E-state index contributed by atoms with van der Waals surface area (Å²) in [6, 6.07) is 12.5. The summed E-state index contributed by atoms with van der Waals surface area (Å²) in [5.74, 6) is 0.832. The van der Waals surface area contributed by atoms with Crippen LogP contribution in [0.1, 0.15) is 24.3 Å². The fourth-order valence-electron chi connectivity index (χ4n) is 2.07. The van der Waals surface area contributed by atoms with Crippen LogP contribution in [-0.4, -0.2) is 9.97 Å². The van der Waals surface area contributed by atoms with Crippen LogP contribution in [0.4, 0.5) is 5.82 Å². The summed E-state index contributed by atoms with van der Waals surface area (Å²) in [5.41, 5.74) is 1.85. The molecule has 0 radical (unpaired) electrons. The van der Waals surface area contributed by atoms with Gasteiger partial charge in [0.2, 0.25) is 0 Å². The summed E-state index contributed by atoms with van der Waals surface area (Å²) in [4.78, 5) is 10.4. The van der Waals surface area contributed by atoms with Gasteiger partial charge in [-0.3, -0.25) is 4.98 Å². The maximum Gasteiger partial charge on any atom is 0.145 e. The number of para-hydroxylation sites is 2. The number of anilines is 1. The van der Waals surface area contributed by atoms with E-state index < -0.39 is 0 Å². The lowest BCUT2D eigenvalue weighted by Crippen LogP contribution is -2.09. The molecule has 0 bridgehead atoms. The first-order valence-electron chi connectivity index (χ1n) is 6.38. The van der Waals surface area contributed by atoms with Gasteiger partial charge in [-0.2, -0.15) is 0 Å². The van der Waals surface area contributed by atoms with Gasteiger partial charge in [0.15, 0.2) is 0 Å². The monoisotopic (exact) mass is 269 g/mol. The topological polar surface area (TPSA) is 37.8 Å². The van der Waals surface area contributed by atoms with E-state index in [1.165, 1.54) is 4.88 Å². The average Bonchev–Trinajstić information content (AvgIpc) is 2.98. The standard InChI is InChI=1S/C15H15N3S/c1-2-11(14-8-5-9-19-14)17-15-10-16-12-6-3-4-7-13(12)18-15/h3-11H,2H2,1H3,(H,17,18). The summed E-state index contributed by atoms with van der Waals surface area (Å²) in [6.07, 6.45) is 2.83. The number of hydrogen-bond acceptors (Lipinski definition) is 4. The van der Waals surface area contributed by atoms with Crippen LogP contribution in [0.15, 0.2) is 48.0 Å². The van der Waals surface area contributed by atoms with Crippen molar-refractivity contribution in [2.45, 2.75) is 19.4 Å². The van der Waals surface area contributed by atoms with Crippen LogP contribution < -0.4 is 5.32 Å². The molecule has 0 saturated carbocycles. The van der Waals surface area contributed by atoms with Crippen LogP contribution in [0.2, 0.25) is 0 Å². The first-order valence-corrected chi connectivity index (χ1v) is 7.26. The molecule has 3 nitrogen and oxygen atoms in total. The van der Waals surface area contributed by atoms with E-state index in [1.807, 2.05) is 24.3 Å². The highest BCUT2D eigenvalue weighted by atomic mass is 32.1. The summed E-state index contributed by atoms with van der Waals surface area (Å²) < 4.78 is 0. The zero-order valence-electron chi connectivity index (χ0n) is 10.7. The molecule has 19 heavy (non-hydrogen) atoms. The molecule has 1 atom stereocenters. The van der Waals surface area contributed by atoms with Crippen molar-refractivity contribution in [2.24, 2.45) is 0 Å². The first kappa shape index (κ1) is 12.1. The van der Waals surface area contributed by atoms with E-state index in [9.17, 15) is 0 Å². The van der Waals surface area contributed by atoms with Crippen LogP contribution in [0.3, 0.4) is 0 Å². The molecule has 2 aromatic heterocycles. The molecule has 1 unspecified atom stereocenters. The molecule has 3 rings (SSSR count). The van der Waals surface area contributed by atoms with Crippen LogP contribution in [0, 0.1) is 0 Å². The Labute approximate surface area is 116 Å². The Balaban J connectivity index is 1.88. The highest BCUT2D eigenvalue weighted by Crippen LogP contribution is 2.25. The third-order valence-corrected chi connectivity index (χ3v) is 4.05. The van der Waals surface area contributed by atoms with E-state index in [4.69, 9.17) is 0 Å². The van der Waals surface area contributed by atoms with Crippen molar-refractivity contribution in [3.05, 3.63) is 52.9 Å². The second kappa shape index (κ2) is 5.36. The lowest BCUT2D eigenvalue weighted by atomic mass is 10.2. The summed E-state index contributed by atoms with van der Waals surface area (Å²) in [5, 5.41) is 5.56. The number of rotatable bonds is 4. The van der Waals surface area contributed by atoms with Crippen LogP contribution >= 0.6 is 11.3 Å². The number of benzene rings is 1. The second-order valence-corrected chi connectivity index (χ2v) is 5.34. The number of hydrogen-bond donors (Lipinski definition) is 1. The zero-order valence-corrected chi connectivity index (χ0v) is 11.5. The van der Waals surface area contributed by atoms with E-state index in [2.05, 4.69) is 39.7 Å². The van der Waals surface area contributed by atoms with Crippen molar-refractivity contribution in [3.8, 4) is 0 Å². The van der Waals surface area contributed by atoms with Gasteiger partial charge in [-0.1, -0.05) is 25.1 Å². The summed E-state index contributed by atoms with van der Waals surface area (Å²) >= 11 is 1.77. The average molecular weight is 269 g/mol. The van der Waals surface area contributed by atoms with Crippen LogP contribution in [0.25, 0.3) is 11.0 Å². The third-order valence-electron chi connectivity index (χ3n) is 3.07. The van der Waals surface area contributed by atoms with Gasteiger partial charge in [0.05, 0.1) is 23.3 Å². The van der Waals surface area contributed by atoms with Gasteiger partial charge in [-0.05, 0) is 30.0 Å². The molecular weight excluding hydrogens is 254 g/mol. The molecule has 1 aromatic carbocycles. The molecule has 0 saturated heterocycles. The van der Waals surface area contributed by atoms with Gasteiger partial charge >= 0.3 is 0 Å². The number of nitrogens with zero attached hydrogens (tertiary/aromatic N) is 2. The van der Waals surface area contributed by atoms with Crippen LogP contribution in [0.5, 0.6) is 0 Å². The number of thiophene rings is 1. The van der Waals surface area contributed by atoms with Crippen molar-refractivity contribution in [1.82, 2.24) is 9.97 Å². The van der Waals surface area contributed by atoms with Gasteiger partial charge in [0, 0.05) is 4.88 Å². The SMILES string of the molecule is CCC(Nc1cnc2ccccc2n1)c1cccs1. The quantitative estimate of drug-likeness (QED) is 0.769. The summed E-state index contributed by atoms with van der Waals surface area (Å²) in [6.45, 7) is 2.17. The van der Waals surface area contributed by atoms with E-state index in [1.54, 1.807) is 17.5 Å². The molecule has 0 aliphatic carbocycles. The minimum absolute atomic E-state index is 0.301. The lowest BCUT2D eigenvalue weighted by molar-refractivity contribution is 0.759. The van der Waals surface area contributed by atoms with E-state index in [-0.39, 0.29) is 0 Å². The number of nitrogens with one attached hydrogen (secondary N) is 1. The van der Waals surface area contributed by atoms with Gasteiger partial charge in [-0.25, -0.2) is 4.98 Å². The van der Waals surface area contributed by atoms with Crippen molar-refractivity contribution in [1.29, 1.82) is 0 Å². The molecular formula is C15H15N3S. The maximum atomic E-state index is 4.60. The Morgan fingerprint density at radius 1 is 1.16 bits per heavy atom. The molecule has 0 aliphatic rings.